The molecule has 0 fully saturated rings. The highest BCUT2D eigenvalue weighted by molar-refractivity contribution is 7.92. The maximum absolute atomic E-state index is 13.8. The van der Waals surface area contributed by atoms with Gasteiger partial charge in [0.1, 0.15) is 0 Å². The fourth-order valence-corrected chi connectivity index (χ4v) is 3.20. The van der Waals surface area contributed by atoms with Crippen molar-refractivity contribution in [2.45, 2.75) is 11.8 Å². The molecule has 8 heteroatoms. The first-order valence-corrected chi connectivity index (χ1v) is 7.99. The number of nitrogen functional groups attached to an aromatic ring is 1. The van der Waals surface area contributed by atoms with E-state index in [1.165, 1.54) is 30.3 Å². The second-order valence-electron chi connectivity index (χ2n) is 4.33. The molecule has 0 radical (unpaired) electrons. The third-order valence-corrected chi connectivity index (χ3v) is 4.89. The molecule has 0 aliphatic carbocycles. The van der Waals surface area contributed by atoms with E-state index in [1.807, 2.05) is 0 Å². The van der Waals surface area contributed by atoms with E-state index in [9.17, 15) is 12.8 Å². The zero-order valence-electron chi connectivity index (χ0n) is 10.8. The minimum Gasteiger partial charge on any atom is -0.398 e. The normalized spacial score (nSPS) is 11.4. The first-order chi connectivity index (χ1) is 9.72. The van der Waals surface area contributed by atoms with E-state index in [0.29, 0.717) is 5.56 Å². The van der Waals surface area contributed by atoms with Gasteiger partial charge in [-0.05, 0) is 36.8 Å². The molecule has 4 nitrogen and oxygen atoms in total. The van der Waals surface area contributed by atoms with Gasteiger partial charge in [-0.1, -0.05) is 29.3 Å². The van der Waals surface area contributed by atoms with Crippen molar-refractivity contribution in [1.29, 1.82) is 0 Å². The van der Waals surface area contributed by atoms with E-state index in [1.54, 1.807) is 6.92 Å². The molecule has 0 spiro atoms. The highest BCUT2D eigenvalue weighted by Crippen LogP contribution is 2.29. The van der Waals surface area contributed by atoms with Crippen LogP contribution in [0.5, 0.6) is 0 Å². The van der Waals surface area contributed by atoms with E-state index in [2.05, 4.69) is 4.72 Å². The maximum atomic E-state index is 13.8. The molecule has 3 N–H and O–H groups in total. The number of benzene rings is 2. The summed E-state index contributed by atoms with van der Waals surface area (Å²) >= 11 is 11.5. The first-order valence-electron chi connectivity index (χ1n) is 5.75. The van der Waals surface area contributed by atoms with Gasteiger partial charge in [-0.25, -0.2) is 12.8 Å². The largest absolute Gasteiger partial charge is 0.398 e. The fourth-order valence-electron chi connectivity index (χ4n) is 1.62. The molecule has 112 valence electrons. The molecule has 0 aliphatic rings. The smallest absolute Gasteiger partial charge is 0.262 e. The topological polar surface area (TPSA) is 72.2 Å². The summed E-state index contributed by atoms with van der Waals surface area (Å²) in [5, 5.41) is 0.0265. The lowest BCUT2D eigenvalue weighted by molar-refractivity contribution is 0.598. The lowest BCUT2D eigenvalue weighted by atomic mass is 10.2. The fraction of sp³-hybridized carbons (Fsp3) is 0.0769. The Morgan fingerprint density at radius 3 is 2.48 bits per heavy atom. The van der Waals surface area contributed by atoms with Crippen molar-refractivity contribution in [2.75, 3.05) is 10.5 Å². The summed E-state index contributed by atoms with van der Waals surface area (Å²) in [6, 6.07) is 6.51. The predicted octanol–water partition coefficient (Wildman–Crippen LogP) is 3.82. The van der Waals surface area contributed by atoms with Crippen LogP contribution < -0.4 is 10.5 Å². The van der Waals surface area contributed by atoms with E-state index >= 15 is 0 Å². The van der Waals surface area contributed by atoms with Gasteiger partial charge in [0.2, 0.25) is 0 Å². The molecule has 0 bridgehead atoms. The Hall–Kier alpha value is -1.50. The van der Waals surface area contributed by atoms with Crippen molar-refractivity contribution >= 4 is 44.6 Å². The van der Waals surface area contributed by atoms with E-state index in [-0.39, 0.29) is 26.3 Å². The van der Waals surface area contributed by atoms with Crippen LogP contribution in [0.15, 0.2) is 35.2 Å². The second-order valence-corrected chi connectivity index (χ2v) is 6.82. The van der Waals surface area contributed by atoms with Gasteiger partial charge in [0, 0.05) is 10.7 Å². The number of sulfonamides is 1. The summed E-state index contributed by atoms with van der Waals surface area (Å²) in [6.07, 6.45) is 0. The molecule has 2 rings (SSSR count). The minimum atomic E-state index is -4.03. The Morgan fingerprint density at radius 2 is 1.86 bits per heavy atom. The number of halogens is 3. The molecule has 2 aromatic carbocycles. The number of nitrogens with two attached hydrogens (primary N) is 1. The first kappa shape index (κ1) is 15.9. The van der Waals surface area contributed by atoms with Gasteiger partial charge in [0.05, 0.1) is 15.6 Å². The third kappa shape index (κ3) is 3.23. The van der Waals surface area contributed by atoms with Crippen LogP contribution in [-0.2, 0) is 10.0 Å². The molecule has 0 saturated heterocycles. The SMILES string of the molecule is Cc1c(N)cc(S(=O)(=O)Nc2cccc(Cl)c2F)cc1Cl. The molecule has 0 amide bonds. The molecular weight excluding hydrogens is 338 g/mol. The third-order valence-electron chi connectivity index (χ3n) is 2.86. The van der Waals surface area contributed by atoms with Crippen molar-refractivity contribution < 1.29 is 12.8 Å². The molecule has 21 heavy (non-hydrogen) atoms. The van der Waals surface area contributed by atoms with Crippen LogP contribution in [0.25, 0.3) is 0 Å². The Balaban J connectivity index is 2.46. The molecule has 0 unspecified atom stereocenters. The van der Waals surface area contributed by atoms with Gasteiger partial charge in [0.25, 0.3) is 10.0 Å². The van der Waals surface area contributed by atoms with Crippen molar-refractivity contribution in [2.24, 2.45) is 0 Å². The second kappa shape index (κ2) is 5.71. The predicted molar refractivity (Wildman–Crippen MR) is 82.8 cm³/mol. The highest BCUT2D eigenvalue weighted by Gasteiger charge is 2.19. The molecular formula is C13H11Cl2FN2O2S. The summed E-state index contributed by atoms with van der Waals surface area (Å²) in [5.41, 5.74) is 6.25. The molecule has 0 aromatic heterocycles. The number of nitrogens with one attached hydrogen (secondary N) is 1. The van der Waals surface area contributed by atoms with Crippen LogP contribution >= 0.6 is 23.2 Å². The van der Waals surface area contributed by atoms with Gasteiger partial charge < -0.3 is 5.73 Å². The molecule has 0 heterocycles. The minimum absolute atomic E-state index is 0.157. The van der Waals surface area contributed by atoms with Crippen LogP contribution in [0.2, 0.25) is 10.0 Å². The van der Waals surface area contributed by atoms with Gasteiger partial charge >= 0.3 is 0 Å². The van der Waals surface area contributed by atoms with E-state index in [0.717, 1.165) is 0 Å². The molecule has 0 saturated carbocycles. The zero-order chi connectivity index (χ0) is 15.8. The number of hydrogen-bond acceptors (Lipinski definition) is 3. The summed E-state index contributed by atoms with van der Waals surface area (Å²) < 4.78 is 40.4. The number of anilines is 2. The Kier molecular flexibility index (Phi) is 4.32. The van der Waals surface area contributed by atoms with Crippen molar-refractivity contribution in [1.82, 2.24) is 0 Å². The van der Waals surface area contributed by atoms with Crippen LogP contribution in [0.3, 0.4) is 0 Å². The zero-order valence-corrected chi connectivity index (χ0v) is 13.2. The molecule has 2 aromatic rings. The van der Waals surface area contributed by atoms with Gasteiger partial charge in [-0.15, -0.1) is 0 Å². The van der Waals surface area contributed by atoms with Gasteiger partial charge in [0.15, 0.2) is 5.82 Å². The van der Waals surface area contributed by atoms with Crippen LogP contribution in [0, 0.1) is 12.7 Å². The average molecular weight is 349 g/mol. The highest BCUT2D eigenvalue weighted by atomic mass is 35.5. The summed E-state index contributed by atoms with van der Waals surface area (Å²) in [7, 11) is -4.03. The summed E-state index contributed by atoms with van der Waals surface area (Å²) in [4.78, 5) is -0.157. The van der Waals surface area contributed by atoms with Crippen LogP contribution in [0.1, 0.15) is 5.56 Å². The quantitative estimate of drug-likeness (QED) is 0.828. The Morgan fingerprint density at radius 1 is 1.19 bits per heavy atom. The van der Waals surface area contributed by atoms with Crippen molar-refractivity contribution in [3.8, 4) is 0 Å². The standard InChI is InChI=1S/C13H11Cl2FN2O2S/c1-7-10(15)5-8(6-11(7)17)21(19,20)18-12-4-2-3-9(14)13(12)16/h2-6,18H,17H2,1H3. The van der Waals surface area contributed by atoms with Crippen LogP contribution in [0.4, 0.5) is 15.8 Å². The number of rotatable bonds is 3. The van der Waals surface area contributed by atoms with E-state index < -0.39 is 15.8 Å². The lowest BCUT2D eigenvalue weighted by Gasteiger charge is -2.11. The van der Waals surface area contributed by atoms with Crippen LogP contribution in [-0.4, -0.2) is 8.42 Å². The maximum Gasteiger partial charge on any atom is 0.262 e. The Labute approximate surface area is 131 Å². The van der Waals surface area contributed by atoms with Gasteiger partial charge in [-0.3, -0.25) is 4.72 Å². The lowest BCUT2D eigenvalue weighted by Crippen LogP contribution is -2.14. The van der Waals surface area contributed by atoms with Gasteiger partial charge in [-0.2, -0.15) is 0 Å². The monoisotopic (exact) mass is 348 g/mol. The van der Waals surface area contributed by atoms with Crippen molar-refractivity contribution in [3.05, 3.63) is 51.8 Å². The van der Waals surface area contributed by atoms with E-state index in [4.69, 9.17) is 28.9 Å². The summed E-state index contributed by atoms with van der Waals surface area (Å²) in [5.74, 6) is -0.853. The molecule has 0 atom stereocenters. The molecule has 0 aliphatic heterocycles. The number of hydrogen-bond donors (Lipinski definition) is 2. The van der Waals surface area contributed by atoms with Crippen molar-refractivity contribution in [3.63, 3.8) is 0 Å². The average Bonchev–Trinajstić information content (AvgIpc) is 2.40. The Bertz CT molecular complexity index is 787. The summed E-state index contributed by atoms with van der Waals surface area (Å²) in [6.45, 7) is 1.66.